The monoisotopic (exact) mass is 322 g/mol. The molecule has 0 saturated carbocycles. The van der Waals surface area contributed by atoms with Crippen molar-refractivity contribution >= 4 is 23.2 Å². The van der Waals surface area contributed by atoms with Crippen molar-refractivity contribution in [3.05, 3.63) is 59.7 Å². The van der Waals surface area contributed by atoms with Gasteiger partial charge in [0.25, 0.3) is 5.91 Å². The summed E-state index contributed by atoms with van der Waals surface area (Å²) in [6, 6.07) is 15.1. The summed E-state index contributed by atoms with van der Waals surface area (Å²) in [7, 11) is 0. The van der Waals surface area contributed by atoms with Crippen LogP contribution in [0.4, 0.5) is 11.4 Å². The van der Waals surface area contributed by atoms with Crippen molar-refractivity contribution in [3.8, 4) is 0 Å². The number of hydrogen-bond donors (Lipinski definition) is 1. The summed E-state index contributed by atoms with van der Waals surface area (Å²) in [6.45, 7) is 2.91. The lowest BCUT2D eigenvalue weighted by Crippen LogP contribution is -2.23. The van der Waals surface area contributed by atoms with Crippen LogP contribution in [0.2, 0.25) is 0 Å². The Kier molecular flexibility index (Phi) is 4.94. The van der Waals surface area contributed by atoms with Gasteiger partial charge in [-0.3, -0.25) is 9.59 Å². The minimum atomic E-state index is -0.141. The van der Waals surface area contributed by atoms with Crippen LogP contribution in [0.15, 0.2) is 48.5 Å². The minimum absolute atomic E-state index is 0.141. The number of rotatable bonds is 5. The molecular weight excluding hydrogens is 300 g/mol. The fourth-order valence-corrected chi connectivity index (χ4v) is 2.96. The van der Waals surface area contributed by atoms with E-state index in [2.05, 4.69) is 12.2 Å². The molecule has 4 nitrogen and oxygen atoms in total. The van der Waals surface area contributed by atoms with Crippen LogP contribution in [-0.4, -0.2) is 18.4 Å². The highest BCUT2D eigenvalue weighted by Gasteiger charge is 2.21. The van der Waals surface area contributed by atoms with E-state index >= 15 is 0 Å². The highest BCUT2D eigenvalue weighted by molar-refractivity contribution is 6.04. The van der Waals surface area contributed by atoms with Crippen LogP contribution in [0.25, 0.3) is 0 Å². The summed E-state index contributed by atoms with van der Waals surface area (Å²) in [5.41, 5.74) is 3.51. The van der Waals surface area contributed by atoms with Crippen LogP contribution >= 0.6 is 0 Å². The van der Waals surface area contributed by atoms with E-state index < -0.39 is 0 Å². The minimum Gasteiger partial charge on any atom is -0.322 e. The number of aryl methyl sites for hydroxylation is 1. The maximum absolute atomic E-state index is 12.3. The lowest BCUT2D eigenvalue weighted by Gasteiger charge is -2.15. The summed E-state index contributed by atoms with van der Waals surface area (Å²) in [4.78, 5) is 25.9. The summed E-state index contributed by atoms with van der Waals surface area (Å²) in [5.74, 6) is 0.0110. The van der Waals surface area contributed by atoms with Crippen LogP contribution in [0, 0.1) is 0 Å². The molecule has 2 amide bonds. The summed E-state index contributed by atoms with van der Waals surface area (Å²) in [6.07, 6.45) is 3.66. The molecule has 1 saturated heterocycles. The molecule has 2 aromatic carbocycles. The molecule has 1 heterocycles. The maximum Gasteiger partial charge on any atom is 0.255 e. The third kappa shape index (κ3) is 3.65. The first-order valence-electron chi connectivity index (χ1n) is 8.48. The Morgan fingerprint density at radius 1 is 1.08 bits per heavy atom. The Balaban J connectivity index is 1.65. The lowest BCUT2D eigenvalue weighted by molar-refractivity contribution is -0.117. The van der Waals surface area contributed by atoms with Crippen molar-refractivity contribution in [2.75, 3.05) is 16.8 Å². The molecule has 0 bridgehead atoms. The molecule has 1 fully saturated rings. The molecule has 0 radical (unpaired) electrons. The van der Waals surface area contributed by atoms with Gasteiger partial charge in [-0.15, -0.1) is 0 Å². The number of nitrogens with zero attached hydrogens (tertiary/aromatic N) is 1. The van der Waals surface area contributed by atoms with Crippen LogP contribution in [0.1, 0.15) is 42.1 Å². The van der Waals surface area contributed by atoms with Crippen molar-refractivity contribution in [3.63, 3.8) is 0 Å². The predicted molar refractivity (Wildman–Crippen MR) is 96.4 cm³/mol. The first kappa shape index (κ1) is 16.2. The van der Waals surface area contributed by atoms with Crippen molar-refractivity contribution in [1.82, 2.24) is 0 Å². The van der Waals surface area contributed by atoms with Crippen LogP contribution < -0.4 is 10.2 Å². The fraction of sp³-hybridized carbons (Fsp3) is 0.300. The quantitative estimate of drug-likeness (QED) is 0.904. The van der Waals surface area contributed by atoms with Gasteiger partial charge in [-0.1, -0.05) is 25.5 Å². The van der Waals surface area contributed by atoms with E-state index in [1.54, 1.807) is 17.0 Å². The third-order valence-corrected chi connectivity index (χ3v) is 4.27. The lowest BCUT2D eigenvalue weighted by atomic mass is 10.1. The summed E-state index contributed by atoms with van der Waals surface area (Å²) < 4.78 is 0. The molecule has 0 spiro atoms. The van der Waals surface area contributed by atoms with Gasteiger partial charge in [0.1, 0.15) is 0 Å². The number of benzene rings is 2. The summed E-state index contributed by atoms with van der Waals surface area (Å²) >= 11 is 0. The second-order valence-corrected chi connectivity index (χ2v) is 6.10. The first-order chi connectivity index (χ1) is 11.7. The number of carbonyl (C=O) groups is 2. The Morgan fingerprint density at radius 2 is 1.79 bits per heavy atom. The Morgan fingerprint density at radius 3 is 2.38 bits per heavy atom. The highest BCUT2D eigenvalue weighted by atomic mass is 16.2. The second kappa shape index (κ2) is 7.30. The average molecular weight is 322 g/mol. The molecule has 1 N–H and O–H groups in total. The topological polar surface area (TPSA) is 49.4 Å². The van der Waals surface area contributed by atoms with Crippen molar-refractivity contribution < 1.29 is 9.59 Å². The normalized spacial score (nSPS) is 14.0. The Hall–Kier alpha value is -2.62. The highest BCUT2D eigenvalue weighted by Crippen LogP contribution is 2.22. The van der Waals surface area contributed by atoms with Gasteiger partial charge >= 0.3 is 0 Å². The number of anilines is 2. The molecule has 0 aliphatic carbocycles. The molecule has 124 valence electrons. The molecule has 1 aliphatic rings. The van der Waals surface area contributed by atoms with E-state index in [4.69, 9.17) is 0 Å². The van der Waals surface area contributed by atoms with Crippen molar-refractivity contribution in [2.45, 2.75) is 32.6 Å². The SMILES string of the molecule is CCCc1ccc(NC(=O)c2ccc(N3CCCC3=O)cc2)cc1. The standard InChI is InChI=1S/C20H22N2O2/c1-2-4-15-6-10-17(11-7-15)21-20(24)16-8-12-18(13-9-16)22-14-3-5-19(22)23/h6-13H,2-5,14H2,1H3,(H,21,24). The largest absolute Gasteiger partial charge is 0.322 e. The zero-order valence-electron chi connectivity index (χ0n) is 13.9. The maximum atomic E-state index is 12.3. The molecule has 3 rings (SSSR count). The van der Waals surface area contributed by atoms with E-state index in [-0.39, 0.29) is 11.8 Å². The molecule has 0 unspecified atom stereocenters. The average Bonchev–Trinajstić information content (AvgIpc) is 3.03. The first-order valence-corrected chi connectivity index (χ1v) is 8.48. The predicted octanol–water partition coefficient (Wildman–Crippen LogP) is 4.02. The number of nitrogens with one attached hydrogen (secondary N) is 1. The molecule has 0 atom stereocenters. The van der Waals surface area contributed by atoms with Crippen molar-refractivity contribution in [1.29, 1.82) is 0 Å². The van der Waals surface area contributed by atoms with Gasteiger partial charge in [0.2, 0.25) is 5.91 Å². The Labute approximate surface area is 142 Å². The zero-order chi connectivity index (χ0) is 16.9. The van der Waals surface area contributed by atoms with Crippen LogP contribution in [0.5, 0.6) is 0 Å². The fourth-order valence-electron chi connectivity index (χ4n) is 2.96. The molecule has 0 aromatic heterocycles. The number of carbonyl (C=O) groups excluding carboxylic acids is 2. The van der Waals surface area contributed by atoms with Crippen LogP contribution in [0.3, 0.4) is 0 Å². The van der Waals surface area contributed by atoms with Gasteiger partial charge in [-0.05, 0) is 54.8 Å². The molecular formula is C20H22N2O2. The van der Waals surface area contributed by atoms with Gasteiger partial charge < -0.3 is 10.2 Å². The van der Waals surface area contributed by atoms with Crippen molar-refractivity contribution in [2.24, 2.45) is 0 Å². The third-order valence-electron chi connectivity index (χ3n) is 4.27. The molecule has 24 heavy (non-hydrogen) atoms. The number of hydrogen-bond acceptors (Lipinski definition) is 2. The smallest absolute Gasteiger partial charge is 0.255 e. The molecule has 1 aliphatic heterocycles. The second-order valence-electron chi connectivity index (χ2n) is 6.10. The van der Waals surface area contributed by atoms with Gasteiger partial charge in [0.05, 0.1) is 0 Å². The Bertz CT molecular complexity index is 720. The van der Waals surface area contributed by atoms with E-state index in [1.165, 1.54) is 5.56 Å². The van der Waals surface area contributed by atoms with Gasteiger partial charge in [0.15, 0.2) is 0 Å². The van der Waals surface area contributed by atoms with E-state index in [9.17, 15) is 9.59 Å². The van der Waals surface area contributed by atoms with Gasteiger partial charge in [-0.25, -0.2) is 0 Å². The van der Waals surface area contributed by atoms with Gasteiger partial charge in [0, 0.05) is 29.9 Å². The summed E-state index contributed by atoms with van der Waals surface area (Å²) in [5, 5.41) is 2.91. The zero-order valence-corrected chi connectivity index (χ0v) is 13.9. The van der Waals surface area contributed by atoms with E-state index in [1.807, 2.05) is 36.4 Å². The molecule has 4 heteroatoms. The number of amides is 2. The van der Waals surface area contributed by atoms with Gasteiger partial charge in [-0.2, -0.15) is 0 Å². The van der Waals surface area contributed by atoms with Crippen LogP contribution in [-0.2, 0) is 11.2 Å². The van der Waals surface area contributed by atoms with E-state index in [0.29, 0.717) is 12.0 Å². The van der Waals surface area contributed by atoms with E-state index in [0.717, 1.165) is 37.2 Å². The molecule has 2 aromatic rings.